The van der Waals surface area contributed by atoms with E-state index < -0.39 is 0 Å². The smallest absolute Gasteiger partial charge is 0.255 e. The first kappa shape index (κ1) is 14.1. The summed E-state index contributed by atoms with van der Waals surface area (Å²) in [5.41, 5.74) is 6.05. The Hall–Kier alpha value is -1.33. The number of piperazine rings is 1. The molecule has 0 radical (unpaired) electrons. The summed E-state index contributed by atoms with van der Waals surface area (Å²) < 4.78 is 0. The Kier molecular flexibility index (Phi) is 4.27. The Balaban J connectivity index is 2.10. The number of amides is 1. The molecule has 2 rings (SSSR count). The maximum atomic E-state index is 12.4. The van der Waals surface area contributed by atoms with Crippen molar-refractivity contribution in [3.8, 4) is 0 Å². The first-order valence-electron chi connectivity index (χ1n) is 6.47. The number of hydrogen-bond acceptors (Lipinski definition) is 4. The van der Waals surface area contributed by atoms with Crippen LogP contribution in [0.2, 0.25) is 5.02 Å². The normalized spacial score (nSPS) is 20.6. The molecule has 104 valence electrons. The number of aromatic nitrogens is 1. The van der Waals surface area contributed by atoms with Gasteiger partial charge in [0.25, 0.3) is 5.91 Å². The summed E-state index contributed by atoms with van der Waals surface area (Å²) in [6.07, 6.45) is 1.49. The van der Waals surface area contributed by atoms with Gasteiger partial charge in [-0.2, -0.15) is 0 Å². The number of rotatable bonds is 2. The van der Waals surface area contributed by atoms with Gasteiger partial charge < -0.3 is 10.6 Å². The first-order chi connectivity index (χ1) is 9.02. The van der Waals surface area contributed by atoms with Gasteiger partial charge in [-0.3, -0.25) is 9.69 Å². The highest BCUT2D eigenvalue weighted by Gasteiger charge is 2.26. The molecule has 0 bridgehead atoms. The highest BCUT2D eigenvalue weighted by atomic mass is 35.5. The van der Waals surface area contributed by atoms with Gasteiger partial charge in [-0.25, -0.2) is 4.98 Å². The largest absolute Gasteiger partial charge is 0.382 e. The monoisotopic (exact) mass is 282 g/mol. The summed E-state index contributed by atoms with van der Waals surface area (Å²) in [6.45, 7) is 7.65. The lowest BCUT2D eigenvalue weighted by Gasteiger charge is -2.39. The van der Waals surface area contributed by atoms with E-state index in [1.54, 1.807) is 6.07 Å². The van der Waals surface area contributed by atoms with Crippen molar-refractivity contribution in [2.45, 2.75) is 19.9 Å². The third-order valence-corrected chi connectivity index (χ3v) is 3.88. The van der Waals surface area contributed by atoms with Gasteiger partial charge in [0.2, 0.25) is 0 Å². The fraction of sp³-hybridized carbons (Fsp3) is 0.538. The molecular formula is C13H19ClN4O. The van der Waals surface area contributed by atoms with Crippen LogP contribution in [0.5, 0.6) is 0 Å². The molecule has 19 heavy (non-hydrogen) atoms. The molecule has 5 nitrogen and oxygen atoms in total. The van der Waals surface area contributed by atoms with Gasteiger partial charge in [0.05, 0.1) is 10.6 Å². The number of pyridine rings is 1. The van der Waals surface area contributed by atoms with Crippen molar-refractivity contribution >= 4 is 23.3 Å². The lowest BCUT2D eigenvalue weighted by molar-refractivity contribution is 0.0528. The Morgan fingerprint density at radius 1 is 1.58 bits per heavy atom. The molecule has 0 aliphatic carbocycles. The summed E-state index contributed by atoms with van der Waals surface area (Å²) in [7, 11) is 0. The lowest BCUT2D eigenvalue weighted by Crippen LogP contribution is -2.53. The predicted octanol–water partition coefficient (Wildman–Crippen LogP) is 1.48. The summed E-state index contributed by atoms with van der Waals surface area (Å²) in [5.74, 6) is 0.222. The second-order valence-corrected chi connectivity index (χ2v) is 5.23. The van der Waals surface area contributed by atoms with Crippen molar-refractivity contribution in [2.24, 2.45) is 0 Å². The highest BCUT2D eigenvalue weighted by Crippen LogP contribution is 2.19. The van der Waals surface area contributed by atoms with E-state index in [0.29, 0.717) is 16.6 Å². The van der Waals surface area contributed by atoms with E-state index in [-0.39, 0.29) is 11.7 Å². The number of anilines is 1. The molecule has 1 amide bonds. The van der Waals surface area contributed by atoms with Crippen LogP contribution in [0.4, 0.5) is 5.82 Å². The maximum Gasteiger partial charge on any atom is 0.255 e. The van der Waals surface area contributed by atoms with Gasteiger partial charge in [-0.1, -0.05) is 18.5 Å². The minimum atomic E-state index is -0.0306. The lowest BCUT2D eigenvalue weighted by atomic mass is 10.1. The number of nitrogen functional groups attached to an aromatic ring is 1. The zero-order valence-electron chi connectivity index (χ0n) is 11.3. The maximum absolute atomic E-state index is 12.4. The highest BCUT2D eigenvalue weighted by molar-refractivity contribution is 6.33. The van der Waals surface area contributed by atoms with E-state index in [1.165, 1.54) is 6.20 Å². The van der Waals surface area contributed by atoms with E-state index >= 15 is 0 Å². The molecule has 2 N–H and O–H groups in total. The number of carbonyl (C=O) groups is 1. The van der Waals surface area contributed by atoms with Gasteiger partial charge >= 0.3 is 0 Å². The van der Waals surface area contributed by atoms with E-state index in [4.69, 9.17) is 17.3 Å². The number of halogens is 1. The van der Waals surface area contributed by atoms with E-state index in [1.807, 2.05) is 4.90 Å². The van der Waals surface area contributed by atoms with Crippen LogP contribution in [0.3, 0.4) is 0 Å². The van der Waals surface area contributed by atoms with Crippen molar-refractivity contribution in [3.05, 3.63) is 22.8 Å². The molecule has 1 aromatic heterocycles. The molecule has 1 fully saturated rings. The molecule has 6 heteroatoms. The van der Waals surface area contributed by atoms with Crippen molar-refractivity contribution in [1.29, 1.82) is 0 Å². The van der Waals surface area contributed by atoms with Crippen LogP contribution in [0.1, 0.15) is 24.2 Å². The number of nitrogens with two attached hydrogens (primary N) is 1. The van der Waals surface area contributed by atoms with Crippen LogP contribution in [0.25, 0.3) is 0 Å². The Morgan fingerprint density at radius 2 is 2.32 bits per heavy atom. The van der Waals surface area contributed by atoms with Crippen molar-refractivity contribution in [3.63, 3.8) is 0 Å². The van der Waals surface area contributed by atoms with Crippen molar-refractivity contribution in [1.82, 2.24) is 14.8 Å². The summed E-state index contributed by atoms with van der Waals surface area (Å²) in [4.78, 5) is 20.5. The average molecular weight is 283 g/mol. The number of likely N-dealkylation sites (N-methyl/N-ethyl adjacent to an activating group) is 1. The van der Waals surface area contributed by atoms with E-state index in [0.717, 1.165) is 26.2 Å². The third kappa shape index (κ3) is 2.98. The second-order valence-electron chi connectivity index (χ2n) is 4.82. The van der Waals surface area contributed by atoms with Crippen LogP contribution in [-0.4, -0.2) is 52.9 Å². The Labute approximate surface area is 118 Å². The molecule has 1 saturated heterocycles. The first-order valence-corrected chi connectivity index (χ1v) is 6.85. The fourth-order valence-corrected chi connectivity index (χ4v) is 2.56. The standard InChI is InChI=1S/C13H19ClN4O/c1-3-17-4-5-18(8-9(17)2)13(19)10-6-11(14)12(15)16-7-10/h6-7,9H,3-5,8H2,1-2H3,(H2,15,16). The van der Waals surface area contributed by atoms with Gasteiger partial charge in [-0.05, 0) is 19.5 Å². The molecule has 1 aromatic rings. The van der Waals surface area contributed by atoms with Gasteiger partial charge in [0.1, 0.15) is 5.82 Å². The van der Waals surface area contributed by atoms with Crippen LogP contribution >= 0.6 is 11.6 Å². The number of carbonyl (C=O) groups excluding carboxylic acids is 1. The molecule has 0 aromatic carbocycles. The van der Waals surface area contributed by atoms with Crippen LogP contribution in [0.15, 0.2) is 12.3 Å². The van der Waals surface area contributed by atoms with Crippen LogP contribution in [0, 0.1) is 0 Å². The van der Waals surface area contributed by atoms with Crippen molar-refractivity contribution < 1.29 is 4.79 Å². The summed E-state index contributed by atoms with van der Waals surface area (Å²) >= 11 is 5.90. The summed E-state index contributed by atoms with van der Waals surface area (Å²) in [5, 5.41) is 0.325. The van der Waals surface area contributed by atoms with Gasteiger partial charge in [0.15, 0.2) is 0 Å². The molecule has 1 aliphatic heterocycles. The van der Waals surface area contributed by atoms with Crippen molar-refractivity contribution in [2.75, 3.05) is 31.9 Å². The Bertz CT molecular complexity index is 480. The van der Waals surface area contributed by atoms with E-state index in [9.17, 15) is 4.79 Å². The van der Waals surface area contributed by atoms with Crippen LogP contribution < -0.4 is 5.73 Å². The third-order valence-electron chi connectivity index (χ3n) is 3.58. The fourth-order valence-electron chi connectivity index (χ4n) is 2.40. The second kappa shape index (κ2) is 5.75. The number of nitrogens with zero attached hydrogens (tertiary/aromatic N) is 3. The van der Waals surface area contributed by atoms with Gasteiger partial charge in [-0.15, -0.1) is 0 Å². The summed E-state index contributed by atoms with van der Waals surface area (Å²) in [6, 6.07) is 1.96. The molecule has 1 atom stereocenters. The molecule has 0 spiro atoms. The zero-order chi connectivity index (χ0) is 14.0. The zero-order valence-corrected chi connectivity index (χ0v) is 12.0. The Morgan fingerprint density at radius 3 is 2.89 bits per heavy atom. The topological polar surface area (TPSA) is 62.5 Å². The predicted molar refractivity (Wildman–Crippen MR) is 76.3 cm³/mol. The quantitative estimate of drug-likeness (QED) is 0.893. The molecule has 1 unspecified atom stereocenters. The molecule has 0 saturated carbocycles. The molecule has 2 heterocycles. The minimum Gasteiger partial charge on any atom is -0.382 e. The van der Waals surface area contributed by atoms with Crippen LogP contribution in [-0.2, 0) is 0 Å². The minimum absolute atomic E-state index is 0.0306. The molecular weight excluding hydrogens is 264 g/mol. The number of hydrogen-bond donors (Lipinski definition) is 1. The van der Waals surface area contributed by atoms with Gasteiger partial charge in [0, 0.05) is 31.9 Å². The average Bonchev–Trinajstić information content (AvgIpc) is 2.41. The van der Waals surface area contributed by atoms with E-state index in [2.05, 4.69) is 23.7 Å². The molecule has 1 aliphatic rings. The SMILES string of the molecule is CCN1CCN(C(=O)c2cnc(N)c(Cl)c2)CC1C.